The molecule has 0 amide bonds. The number of benzene rings is 2. The molecule has 0 radical (unpaired) electrons. The Bertz CT molecular complexity index is 2300. The predicted molar refractivity (Wildman–Crippen MR) is 278 cm³/mol. The largest absolute Gasteiger partial charge is 0.504 e. The van der Waals surface area contributed by atoms with E-state index >= 15 is 4.79 Å². The average Bonchev–Trinajstić information content (AvgIpc) is 4.21. The molecule has 6 saturated carbocycles. The lowest BCUT2D eigenvalue weighted by molar-refractivity contribution is -0.143. The highest BCUT2D eigenvalue weighted by atomic mass is 16.6. The number of nitrogens with zero attached hydrogens (tertiary/aromatic N) is 1. The highest BCUT2D eigenvalue weighted by Crippen LogP contribution is 2.67. The van der Waals surface area contributed by atoms with Crippen molar-refractivity contribution in [1.29, 1.82) is 0 Å². The van der Waals surface area contributed by atoms with E-state index < -0.39 is 22.7 Å². The summed E-state index contributed by atoms with van der Waals surface area (Å²) in [5.41, 5.74) is 0.817. The number of anilines is 1. The highest BCUT2D eigenvalue weighted by molar-refractivity contribution is 5.97. The molecule has 9 rings (SSSR count). The smallest absolute Gasteiger partial charge is 0.207 e. The molecule has 12 nitrogen and oxygen atoms in total. The van der Waals surface area contributed by atoms with Crippen molar-refractivity contribution in [3.05, 3.63) is 53.6 Å². The molecule has 1 spiro atoms. The lowest BCUT2D eigenvalue weighted by atomic mass is 9.45. The quantitative estimate of drug-likeness (QED) is 0.0514. The van der Waals surface area contributed by atoms with E-state index in [1.807, 2.05) is 25.3 Å². The molecule has 6 fully saturated rings. The number of allylic oxidation sites excluding steroid dienone is 2. The van der Waals surface area contributed by atoms with Gasteiger partial charge in [-0.1, -0.05) is 63.5 Å². The Balaban J connectivity index is 1.18. The number of aliphatic hydroxyl groups is 2. The van der Waals surface area contributed by atoms with E-state index in [0.717, 1.165) is 120 Å². The Morgan fingerprint density at radius 3 is 2.56 bits per heavy atom. The second kappa shape index (κ2) is 22.5. The molecule has 1 aliphatic heterocycles. The first kappa shape index (κ1) is 51.6. The van der Waals surface area contributed by atoms with Crippen molar-refractivity contribution in [1.82, 2.24) is 10.6 Å². The molecular formula is C59H84N4O8. The van der Waals surface area contributed by atoms with Crippen LogP contribution in [0.3, 0.4) is 0 Å². The first-order valence-electron chi connectivity index (χ1n) is 27.7. The van der Waals surface area contributed by atoms with Crippen molar-refractivity contribution in [2.45, 2.75) is 172 Å². The molecule has 1 heterocycles. The zero-order chi connectivity index (χ0) is 49.8. The summed E-state index contributed by atoms with van der Waals surface area (Å²) >= 11 is 0. The van der Waals surface area contributed by atoms with Crippen molar-refractivity contribution in [2.75, 3.05) is 39.7 Å². The number of aliphatic hydroxyl groups excluding tert-OH is 2. The summed E-state index contributed by atoms with van der Waals surface area (Å²) in [6, 6.07) is 12.9. The maximum Gasteiger partial charge on any atom is 0.207 e. The van der Waals surface area contributed by atoms with Crippen LogP contribution in [0.25, 0.3) is 0 Å². The zero-order valence-electron chi connectivity index (χ0n) is 43.2. The maximum absolute atomic E-state index is 15.7. The van der Waals surface area contributed by atoms with E-state index in [1.165, 1.54) is 6.42 Å². The van der Waals surface area contributed by atoms with Crippen LogP contribution < -0.4 is 25.4 Å². The van der Waals surface area contributed by atoms with Crippen LogP contribution in [0.4, 0.5) is 5.69 Å². The number of fused-ring (bicyclic) bond motifs is 5. The molecule has 2 bridgehead atoms. The molecule has 7 aliphatic rings. The van der Waals surface area contributed by atoms with Gasteiger partial charge in [0.25, 0.3) is 0 Å². The van der Waals surface area contributed by atoms with Crippen LogP contribution in [0.5, 0.6) is 23.0 Å². The standard InChI is InChI=1S/C59H84N4O8/c1-5-38-18-20-44-45(16-11-29-64)47-17-9-26-59(47)42-33-49(55(68)52(34-42)71-57(37-60-2)27-24-40(35-57)32-54(67)70-43-14-6-7-15-43)63-56(61-3)62-28-10-13-41-12-8-25-58(41,53(66)23-21-48(59)46(44)30-38)36-39-19-22-50(65)51(31-39)69-4/h19,21-23,31,33-34,38,40-41,43-48,54,60,64-65,67-68H,5-9,11-18,20,24-27,29-30,32,35-37H2,1-4H3,(H2,61,62,63)/b23-21+/t38-,40+,41-,44-,45-,46+,47+,48-,54-,57+,58-,59+/m1/s1. The van der Waals surface area contributed by atoms with Gasteiger partial charge in [-0.25, -0.2) is 0 Å². The number of ether oxygens (including phenoxy) is 3. The number of aliphatic imine (C=N–C) groups is 1. The van der Waals surface area contributed by atoms with Gasteiger partial charge in [0.15, 0.2) is 35.1 Å². The van der Waals surface area contributed by atoms with Gasteiger partial charge < -0.3 is 45.3 Å². The van der Waals surface area contributed by atoms with Crippen molar-refractivity contribution in [3.8, 4) is 35.0 Å². The summed E-state index contributed by atoms with van der Waals surface area (Å²) in [5.74, 6) is 7.14. The summed E-state index contributed by atoms with van der Waals surface area (Å²) in [7, 11) is 5.22. The van der Waals surface area contributed by atoms with E-state index in [0.29, 0.717) is 79.0 Å². The Hall–Kier alpha value is -4.28. The van der Waals surface area contributed by atoms with E-state index in [2.05, 4.69) is 58.0 Å². The van der Waals surface area contributed by atoms with Crippen molar-refractivity contribution in [2.24, 2.45) is 57.8 Å². The summed E-state index contributed by atoms with van der Waals surface area (Å²) < 4.78 is 19.0. The second-order valence-electron chi connectivity index (χ2n) is 23.0. The lowest BCUT2D eigenvalue weighted by Gasteiger charge is -2.59. The fourth-order valence-corrected chi connectivity index (χ4v) is 16.1. The predicted octanol–water partition coefficient (Wildman–Crippen LogP) is 9.92. The molecule has 6 aliphatic carbocycles. The Morgan fingerprint density at radius 1 is 0.958 bits per heavy atom. The van der Waals surface area contributed by atoms with Crippen molar-refractivity contribution >= 4 is 17.4 Å². The maximum atomic E-state index is 15.7. The van der Waals surface area contributed by atoms with Crippen LogP contribution in [0.15, 0.2) is 47.5 Å². The van der Waals surface area contributed by atoms with Crippen LogP contribution in [0.1, 0.15) is 153 Å². The van der Waals surface area contributed by atoms with Crippen molar-refractivity contribution in [3.63, 3.8) is 0 Å². The number of likely N-dealkylation sites (N-methyl/N-ethyl adjacent to an activating group) is 1. The molecule has 0 saturated heterocycles. The molecule has 0 aromatic heterocycles. The monoisotopic (exact) mass is 977 g/mol. The number of hydrogen-bond donors (Lipinski definition) is 7. The summed E-state index contributed by atoms with van der Waals surface area (Å²) in [4.78, 5) is 20.3. The van der Waals surface area contributed by atoms with Gasteiger partial charge in [-0.05, 0) is 186 Å². The number of guanidine groups is 1. The number of rotatable bonds is 15. The number of aromatic hydroxyl groups is 2. The minimum atomic E-state index is -0.814. The van der Waals surface area contributed by atoms with Crippen LogP contribution in [-0.4, -0.2) is 84.5 Å². The summed E-state index contributed by atoms with van der Waals surface area (Å²) in [5, 5.41) is 54.8. The van der Waals surface area contributed by atoms with E-state index in [-0.39, 0.29) is 53.7 Å². The van der Waals surface area contributed by atoms with Gasteiger partial charge >= 0.3 is 0 Å². The average molecular weight is 977 g/mol. The van der Waals surface area contributed by atoms with Gasteiger partial charge in [0.1, 0.15) is 5.60 Å². The van der Waals surface area contributed by atoms with E-state index in [1.54, 1.807) is 20.2 Å². The Kier molecular flexibility index (Phi) is 16.3. The molecule has 12 atom stereocenters. The Labute approximate surface area is 423 Å². The van der Waals surface area contributed by atoms with Gasteiger partial charge in [0.2, 0.25) is 5.96 Å². The SMILES string of the molecule is CC[C@@H]1CC[C@@H]2[C@@H](CCCO)[C@@H]3CCC[C@]34c3cc(c(O)c(O[C@@]5(CNC)CC[C@@H](C[C@H](O)OC6CCCC6)C5)c3)NC(=NC)NC#CC[C@H]3CCC[C@]3(Cc3ccc(O)c(OC)c3)C(=O)/C=C/[C@@H]4[C@H]2C1. The normalized spacial score (nSPS) is 35.3. The third kappa shape index (κ3) is 10.5. The minimum absolute atomic E-state index is 0.00521. The Morgan fingerprint density at radius 2 is 1.79 bits per heavy atom. The number of phenols is 2. The van der Waals surface area contributed by atoms with Crippen LogP contribution in [-0.2, 0) is 21.4 Å². The number of methoxy groups -OCH3 is 1. The van der Waals surface area contributed by atoms with Crippen LogP contribution in [0.2, 0.25) is 0 Å². The van der Waals surface area contributed by atoms with Gasteiger partial charge in [-0.3, -0.25) is 15.1 Å². The highest BCUT2D eigenvalue weighted by Gasteiger charge is 2.61. The van der Waals surface area contributed by atoms with E-state index in [4.69, 9.17) is 14.2 Å². The van der Waals surface area contributed by atoms with Gasteiger partial charge in [-0.2, -0.15) is 0 Å². The molecular weight excluding hydrogens is 893 g/mol. The zero-order valence-corrected chi connectivity index (χ0v) is 43.2. The molecule has 12 heteroatoms. The number of carbonyl (C=O) groups is 1. The third-order valence-electron chi connectivity index (χ3n) is 19.3. The van der Waals surface area contributed by atoms with Crippen molar-refractivity contribution < 1.29 is 39.4 Å². The number of carbonyl (C=O) groups excluding carboxylic acids is 1. The van der Waals surface area contributed by atoms with Crippen LogP contribution in [0, 0.1) is 64.7 Å². The number of ketones is 1. The number of hydrogen-bond acceptors (Lipinski definition) is 10. The molecule has 388 valence electrons. The van der Waals surface area contributed by atoms with E-state index in [9.17, 15) is 20.4 Å². The fraction of sp³-hybridized carbons (Fsp3) is 0.695. The number of phenolic OH excluding ortho intramolecular Hbond substituents is 2. The topological polar surface area (TPSA) is 174 Å². The molecule has 2 aromatic rings. The fourth-order valence-electron chi connectivity index (χ4n) is 16.1. The molecule has 2 aromatic carbocycles. The van der Waals surface area contributed by atoms with Gasteiger partial charge in [0, 0.05) is 49.9 Å². The molecule has 7 N–H and O–H groups in total. The minimum Gasteiger partial charge on any atom is -0.504 e. The lowest BCUT2D eigenvalue weighted by Crippen LogP contribution is -2.55. The third-order valence-corrected chi connectivity index (χ3v) is 19.3. The summed E-state index contributed by atoms with van der Waals surface area (Å²) in [6.07, 6.45) is 23.8. The first-order valence-corrected chi connectivity index (χ1v) is 27.7. The first-order chi connectivity index (χ1) is 34.5. The van der Waals surface area contributed by atoms with Crippen LogP contribution >= 0.6 is 0 Å². The summed E-state index contributed by atoms with van der Waals surface area (Å²) in [6.45, 7) is 3.06. The van der Waals surface area contributed by atoms with Gasteiger partial charge in [0.05, 0.1) is 18.9 Å². The molecule has 0 unspecified atom stereocenters. The molecule has 71 heavy (non-hydrogen) atoms. The number of nitrogens with one attached hydrogen (secondary N) is 3. The second-order valence-corrected chi connectivity index (χ2v) is 23.0. The van der Waals surface area contributed by atoms with Gasteiger partial charge in [-0.15, -0.1) is 0 Å².